The first kappa shape index (κ1) is 17.7. The van der Waals surface area contributed by atoms with Crippen LogP contribution in [0.15, 0.2) is 58.1 Å². The zero-order chi connectivity index (χ0) is 19.7. The number of carbonyl (C=O) groups excluding carboxylic acids is 1. The molecule has 1 amide bonds. The number of aryl methyl sites for hydroxylation is 2. The van der Waals surface area contributed by atoms with E-state index in [0.29, 0.717) is 17.4 Å². The van der Waals surface area contributed by atoms with Crippen molar-refractivity contribution < 1.29 is 4.79 Å². The predicted octanol–water partition coefficient (Wildman–Crippen LogP) is 1.28. The second-order valence-corrected chi connectivity index (χ2v) is 6.53. The van der Waals surface area contributed by atoms with Crippen molar-refractivity contribution in [3.63, 3.8) is 0 Å². The molecule has 2 heterocycles. The van der Waals surface area contributed by atoms with Gasteiger partial charge in [-0.2, -0.15) is 0 Å². The number of imidazole rings is 1. The molecule has 2 aromatic heterocycles. The van der Waals surface area contributed by atoms with Gasteiger partial charge in [0.1, 0.15) is 5.82 Å². The Morgan fingerprint density at radius 3 is 2.57 bits per heavy atom. The van der Waals surface area contributed by atoms with Crippen LogP contribution < -0.4 is 16.6 Å². The highest BCUT2D eigenvalue weighted by Gasteiger charge is 2.11. The standard InChI is InChI=1S/C20H19N5O3/c1-24-16-9-5-3-7-14(16)22-17(24)12-21-18(26)10-11-25-15-8-4-2-6-13(15)19(27)23-20(25)28/h2-9H,10-12H2,1H3,(H,21,26)(H,23,27,28). The number of hydrogen-bond donors (Lipinski definition) is 2. The Bertz CT molecular complexity index is 1300. The SMILES string of the molecule is Cn1c(CNC(=O)CCn2c(=O)[nH]c(=O)c3ccccc32)nc2ccccc21. The van der Waals surface area contributed by atoms with Crippen molar-refractivity contribution in [2.75, 3.05) is 0 Å². The van der Waals surface area contributed by atoms with Crippen LogP contribution in [-0.2, 0) is 24.9 Å². The van der Waals surface area contributed by atoms with Gasteiger partial charge in [-0.3, -0.25) is 19.1 Å². The van der Waals surface area contributed by atoms with Gasteiger partial charge in [0.25, 0.3) is 5.56 Å². The van der Waals surface area contributed by atoms with E-state index in [1.165, 1.54) is 4.57 Å². The van der Waals surface area contributed by atoms with Crippen LogP contribution in [-0.4, -0.2) is 25.0 Å². The fourth-order valence-electron chi connectivity index (χ4n) is 3.30. The number of aromatic amines is 1. The van der Waals surface area contributed by atoms with Crippen LogP contribution in [0.3, 0.4) is 0 Å². The average molecular weight is 377 g/mol. The number of nitrogens with one attached hydrogen (secondary N) is 2. The summed E-state index contributed by atoms with van der Waals surface area (Å²) in [5.41, 5.74) is 1.44. The summed E-state index contributed by atoms with van der Waals surface area (Å²) in [4.78, 5) is 43.2. The lowest BCUT2D eigenvalue weighted by molar-refractivity contribution is -0.121. The maximum atomic E-state index is 12.3. The normalized spacial score (nSPS) is 11.2. The van der Waals surface area contributed by atoms with Gasteiger partial charge in [-0.15, -0.1) is 0 Å². The second kappa shape index (κ2) is 7.15. The number of amides is 1. The second-order valence-electron chi connectivity index (χ2n) is 6.53. The van der Waals surface area contributed by atoms with E-state index >= 15 is 0 Å². The largest absolute Gasteiger partial charge is 0.349 e. The van der Waals surface area contributed by atoms with E-state index in [2.05, 4.69) is 15.3 Å². The fourth-order valence-corrected chi connectivity index (χ4v) is 3.30. The van der Waals surface area contributed by atoms with E-state index in [0.717, 1.165) is 16.9 Å². The maximum Gasteiger partial charge on any atom is 0.328 e. The molecular formula is C20H19N5O3. The van der Waals surface area contributed by atoms with E-state index in [4.69, 9.17) is 0 Å². The van der Waals surface area contributed by atoms with Crippen molar-refractivity contribution in [1.82, 2.24) is 24.4 Å². The van der Waals surface area contributed by atoms with Gasteiger partial charge in [-0.25, -0.2) is 9.78 Å². The number of aromatic nitrogens is 4. The summed E-state index contributed by atoms with van der Waals surface area (Å²) in [6.45, 7) is 0.468. The molecule has 0 unspecified atom stereocenters. The number of carbonyl (C=O) groups is 1. The predicted molar refractivity (Wildman–Crippen MR) is 106 cm³/mol. The Morgan fingerprint density at radius 2 is 1.79 bits per heavy atom. The van der Waals surface area contributed by atoms with Gasteiger partial charge in [0.2, 0.25) is 5.91 Å². The molecule has 0 saturated carbocycles. The molecule has 8 heteroatoms. The first-order valence-electron chi connectivity index (χ1n) is 8.93. The molecule has 4 aromatic rings. The minimum absolute atomic E-state index is 0.111. The zero-order valence-electron chi connectivity index (χ0n) is 15.3. The minimum atomic E-state index is -0.521. The number of nitrogens with zero attached hydrogens (tertiary/aromatic N) is 3. The van der Waals surface area contributed by atoms with Crippen LogP contribution in [0.4, 0.5) is 0 Å². The summed E-state index contributed by atoms with van der Waals surface area (Å²) in [5.74, 6) is 0.551. The fraction of sp³-hybridized carbons (Fsp3) is 0.200. The Labute approximate surface area is 159 Å². The van der Waals surface area contributed by atoms with Gasteiger partial charge in [-0.05, 0) is 24.3 Å². The van der Waals surface area contributed by atoms with E-state index in [-0.39, 0.29) is 18.9 Å². The molecule has 28 heavy (non-hydrogen) atoms. The molecule has 2 aromatic carbocycles. The first-order chi connectivity index (χ1) is 13.5. The van der Waals surface area contributed by atoms with E-state index in [1.807, 2.05) is 35.9 Å². The third-order valence-corrected chi connectivity index (χ3v) is 4.79. The lowest BCUT2D eigenvalue weighted by atomic mass is 10.2. The van der Waals surface area contributed by atoms with Crippen molar-refractivity contribution in [2.24, 2.45) is 7.05 Å². The smallest absolute Gasteiger partial charge is 0.328 e. The average Bonchev–Trinajstić information content (AvgIpc) is 3.02. The highest BCUT2D eigenvalue weighted by atomic mass is 16.2. The lowest BCUT2D eigenvalue weighted by Crippen LogP contribution is -2.32. The highest BCUT2D eigenvalue weighted by Crippen LogP contribution is 2.14. The maximum absolute atomic E-state index is 12.3. The van der Waals surface area contributed by atoms with Gasteiger partial charge in [0.05, 0.1) is 28.5 Å². The number of para-hydroxylation sites is 3. The van der Waals surface area contributed by atoms with Gasteiger partial charge < -0.3 is 9.88 Å². The van der Waals surface area contributed by atoms with Crippen molar-refractivity contribution >= 4 is 27.8 Å². The van der Waals surface area contributed by atoms with Gasteiger partial charge in [-0.1, -0.05) is 24.3 Å². The van der Waals surface area contributed by atoms with Gasteiger partial charge >= 0.3 is 5.69 Å². The quantitative estimate of drug-likeness (QED) is 0.547. The molecule has 2 N–H and O–H groups in total. The van der Waals surface area contributed by atoms with E-state index in [1.54, 1.807) is 24.3 Å². The topological polar surface area (TPSA) is 102 Å². The molecule has 4 rings (SSSR count). The third kappa shape index (κ3) is 3.20. The number of fused-ring (bicyclic) bond motifs is 2. The van der Waals surface area contributed by atoms with Gasteiger partial charge in [0.15, 0.2) is 0 Å². The molecule has 0 fully saturated rings. The summed E-state index contributed by atoms with van der Waals surface area (Å²) >= 11 is 0. The Kier molecular flexibility index (Phi) is 4.52. The van der Waals surface area contributed by atoms with Crippen molar-refractivity contribution in [3.05, 3.63) is 75.2 Å². The highest BCUT2D eigenvalue weighted by molar-refractivity contribution is 5.79. The summed E-state index contributed by atoms with van der Waals surface area (Å²) in [7, 11) is 1.91. The molecule has 0 saturated heterocycles. The zero-order valence-corrected chi connectivity index (χ0v) is 15.3. The Morgan fingerprint density at radius 1 is 1.07 bits per heavy atom. The summed E-state index contributed by atoms with van der Waals surface area (Å²) < 4.78 is 3.35. The van der Waals surface area contributed by atoms with E-state index in [9.17, 15) is 14.4 Å². The van der Waals surface area contributed by atoms with Crippen molar-refractivity contribution in [3.8, 4) is 0 Å². The third-order valence-electron chi connectivity index (χ3n) is 4.79. The Balaban J connectivity index is 1.46. The molecule has 0 bridgehead atoms. The van der Waals surface area contributed by atoms with Crippen LogP contribution in [0.5, 0.6) is 0 Å². The monoisotopic (exact) mass is 377 g/mol. The van der Waals surface area contributed by atoms with Gasteiger partial charge in [0, 0.05) is 20.0 Å². The van der Waals surface area contributed by atoms with Crippen LogP contribution >= 0.6 is 0 Å². The minimum Gasteiger partial charge on any atom is -0.349 e. The van der Waals surface area contributed by atoms with Crippen molar-refractivity contribution in [1.29, 1.82) is 0 Å². The lowest BCUT2D eigenvalue weighted by Gasteiger charge is -2.10. The molecule has 0 radical (unpaired) electrons. The molecular weight excluding hydrogens is 358 g/mol. The molecule has 0 aliphatic carbocycles. The molecule has 0 aliphatic rings. The molecule has 0 aliphatic heterocycles. The van der Waals surface area contributed by atoms with Crippen LogP contribution in [0, 0.1) is 0 Å². The van der Waals surface area contributed by atoms with Crippen LogP contribution in [0.25, 0.3) is 21.9 Å². The van der Waals surface area contributed by atoms with Crippen LogP contribution in [0.1, 0.15) is 12.2 Å². The molecule has 8 nitrogen and oxygen atoms in total. The number of rotatable bonds is 5. The number of H-pyrrole nitrogens is 1. The number of benzene rings is 2. The summed E-state index contributed by atoms with van der Waals surface area (Å²) in [6.07, 6.45) is 0.111. The first-order valence-corrected chi connectivity index (χ1v) is 8.93. The molecule has 142 valence electrons. The molecule has 0 atom stereocenters. The van der Waals surface area contributed by atoms with Crippen LogP contribution in [0.2, 0.25) is 0 Å². The number of hydrogen-bond acceptors (Lipinski definition) is 4. The Hall–Kier alpha value is -3.68. The summed E-state index contributed by atoms with van der Waals surface area (Å²) in [5, 5.41) is 3.26. The van der Waals surface area contributed by atoms with Crippen molar-refractivity contribution in [2.45, 2.75) is 19.5 Å². The van der Waals surface area contributed by atoms with E-state index < -0.39 is 11.2 Å². The molecule has 0 spiro atoms. The summed E-state index contributed by atoms with van der Waals surface area (Å²) in [6, 6.07) is 14.6.